The van der Waals surface area contributed by atoms with Gasteiger partial charge in [-0.2, -0.15) is 0 Å². The van der Waals surface area contributed by atoms with Gasteiger partial charge in [-0.25, -0.2) is 4.79 Å². The molecule has 0 N–H and O–H groups in total. The monoisotopic (exact) mass is 610 g/mol. The highest BCUT2D eigenvalue weighted by Crippen LogP contribution is 2.61. The summed E-state index contributed by atoms with van der Waals surface area (Å²) in [6.45, 7) is 1.42. The molecule has 9 heteroatoms. The van der Waals surface area contributed by atoms with Crippen LogP contribution in [-0.2, 0) is 12.8 Å². The lowest BCUT2D eigenvalue weighted by molar-refractivity contribution is 0.174. The number of hydrogen-bond donors (Lipinski definition) is 0. The normalized spacial score (nSPS) is 16.6. The number of anilines is 2. The van der Waals surface area contributed by atoms with E-state index in [1.807, 2.05) is 21.9 Å². The van der Waals surface area contributed by atoms with Crippen LogP contribution in [0.4, 0.5) is 16.2 Å². The van der Waals surface area contributed by atoms with E-state index < -0.39 is 0 Å². The third-order valence-corrected chi connectivity index (χ3v) is 10.4. The molecule has 46 heavy (non-hydrogen) atoms. The summed E-state index contributed by atoms with van der Waals surface area (Å²) in [6, 6.07) is 16.6. The second kappa shape index (κ2) is 8.37. The van der Waals surface area contributed by atoms with E-state index in [-0.39, 0.29) is 19.6 Å². The van der Waals surface area contributed by atoms with Crippen molar-refractivity contribution < 1.29 is 33.2 Å². The Morgan fingerprint density at radius 2 is 1.07 bits per heavy atom. The molecule has 0 saturated heterocycles. The molecule has 0 unspecified atom stereocenters. The number of nitrogens with zero attached hydrogens (tertiary/aromatic N) is 2. The van der Waals surface area contributed by atoms with Gasteiger partial charge in [0.2, 0.25) is 13.6 Å². The fraction of sp³-hybridized carbons (Fsp3) is 0.216. The predicted molar refractivity (Wildman–Crippen MR) is 175 cm³/mol. The van der Waals surface area contributed by atoms with E-state index in [1.54, 1.807) is 14.2 Å². The first-order chi connectivity index (χ1) is 22.6. The standard InChI is InChI=1S/C37H26N2O7/c1-41-19-3-5-21-23(13-19)29-30-24-14-20(42-2)4-6-22(24)32-28-18(12-26-36(32)46-16-44-26)8-10-39(34(28)30)37(40)38-9-7-17-11-25-35(45-15-43-25)31(21)27(17)33(29)38/h3-6,11-14H,7-10,15-16H2,1-2H3. The number of amides is 2. The molecule has 0 saturated carbocycles. The minimum atomic E-state index is -0.0290. The van der Waals surface area contributed by atoms with Crippen molar-refractivity contribution in [3.63, 3.8) is 0 Å². The van der Waals surface area contributed by atoms with Crippen LogP contribution >= 0.6 is 0 Å². The third-order valence-electron chi connectivity index (χ3n) is 10.4. The number of benzene rings is 6. The molecular weight excluding hydrogens is 584 g/mol. The summed E-state index contributed by atoms with van der Waals surface area (Å²) < 4.78 is 35.8. The lowest BCUT2D eigenvalue weighted by atomic mass is 9.81. The second-order valence-corrected chi connectivity index (χ2v) is 12.4. The Kier molecular flexibility index (Phi) is 4.50. The highest BCUT2D eigenvalue weighted by molar-refractivity contribution is 6.36. The molecular formula is C37H26N2O7. The van der Waals surface area contributed by atoms with Crippen molar-refractivity contribution >= 4 is 60.5 Å². The Bertz CT molecular complexity index is 2280. The van der Waals surface area contributed by atoms with E-state index in [4.69, 9.17) is 28.4 Å². The van der Waals surface area contributed by atoms with E-state index in [9.17, 15) is 4.79 Å². The van der Waals surface area contributed by atoms with Gasteiger partial charge in [0.1, 0.15) is 11.5 Å². The third kappa shape index (κ3) is 2.81. The molecule has 226 valence electrons. The molecule has 6 aromatic rings. The molecule has 5 heterocycles. The summed E-state index contributed by atoms with van der Waals surface area (Å²) in [5, 5.41) is 8.00. The van der Waals surface area contributed by atoms with E-state index in [0.29, 0.717) is 25.9 Å². The highest BCUT2D eigenvalue weighted by Gasteiger charge is 2.42. The zero-order valence-electron chi connectivity index (χ0n) is 25.1. The van der Waals surface area contributed by atoms with Crippen LogP contribution in [0, 0.1) is 0 Å². The maximum Gasteiger partial charge on any atom is 0.329 e. The van der Waals surface area contributed by atoms with Crippen molar-refractivity contribution in [2.45, 2.75) is 12.8 Å². The molecule has 6 aromatic carbocycles. The Morgan fingerprint density at radius 3 is 1.52 bits per heavy atom. The molecule has 2 amide bonds. The minimum absolute atomic E-state index is 0.0290. The van der Waals surface area contributed by atoms with E-state index in [0.717, 1.165) is 111 Å². The van der Waals surface area contributed by atoms with Crippen molar-refractivity contribution in [1.29, 1.82) is 0 Å². The Balaban J connectivity index is 1.45. The SMILES string of the molecule is COc1ccc2c(c1)c1c3c4c(cc5c(c42)OCO5)CCN3C(=O)N2CCc3cc4c(c5c3c2c-1c1cc(OC)ccc15)OCO4. The van der Waals surface area contributed by atoms with Gasteiger partial charge in [-0.05, 0) is 94.0 Å². The first-order valence-corrected chi connectivity index (χ1v) is 15.5. The summed E-state index contributed by atoms with van der Waals surface area (Å²) in [4.78, 5) is 18.9. The summed E-state index contributed by atoms with van der Waals surface area (Å²) in [6.07, 6.45) is 1.41. The van der Waals surface area contributed by atoms with Gasteiger partial charge < -0.3 is 28.4 Å². The van der Waals surface area contributed by atoms with E-state index in [2.05, 4.69) is 36.4 Å². The van der Waals surface area contributed by atoms with Crippen molar-refractivity contribution in [2.24, 2.45) is 0 Å². The summed E-state index contributed by atoms with van der Waals surface area (Å²) >= 11 is 0. The zero-order chi connectivity index (χ0) is 30.4. The molecule has 9 nitrogen and oxygen atoms in total. The topological polar surface area (TPSA) is 78.9 Å². The largest absolute Gasteiger partial charge is 0.497 e. The maximum absolute atomic E-state index is 15.0. The fourth-order valence-electron chi connectivity index (χ4n) is 8.56. The van der Waals surface area contributed by atoms with Crippen LogP contribution in [-0.4, -0.2) is 46.9 Å². The number of rotatable bonds is 2. The van der Waals surface area contributed by atoms with Gasteiger partial charge in [-0.3, -0.25) is 9.80 Å². The van der Waals surface area contributed by atoms with Gasteiger partial charge in [-0.1, -0.05) is 0 Å². The van der Waals surface area contributed by atoms with Crippen LogP contribution in [0.5, 0.6) is 34.5 Å². The van der Waals surface area contributed by atoms with E-state index in [1.165, 1.54) is 0 Å². The molecule has 0 aromatic heterocycles. The lowest BCUT2D eigenvalue weighted by Gasteiger charge is -2.35. The smallest absolute Gasteiger partial charge is 0.329 e. The Hall–Kier alpha value is -5.57. The van der Waals surface area contributed by atoms with Crippen molar-refractivity contribution in [3.05, 3.63) is 59.7 Å². The second-order valence-electron chi connectivity index (χ2n) is 12.4. The molecule has 0 fully saturated rings. The number of hydrogen-bond acceptors (Lipinski definition) is 7. The van der Waals surface area contributed by atoms with Crippen molar-refractivity contribution in [2.75, 3.05) is 50.7 Å². The number of fused-ring (bicyclic) bond motifs is 11. The molecule has 0 radical (unpaired) electrons. The lowest BCUT2D eigenvalue weighted by Crippen LogP contribution is -2.46. The first kappa shape index (κ1) is 24.7. The molecule has 11 rings (SSSR count). The summed E-state index contributed by atoms with van der Waals surface area (Å²) in [5.74, 6) is 4.39. The van der Waals surface area contributed by atoms with Crippen LogP contribution in [0.1, 0.15) is 11.1 Å². The van der Waals surface area contributed by atoms with Crippen LogP contribution in [0.15, 0.2) is 48.5 Å². The molecule has 5 aliphatic heterocycles. The van der Waals surface area contributed by atoms with Gasteiger partial charge in [-0.15, -0.1) is 0 Å². The first-order valence-electron chi connectivity index (χ1n) is 15.5. The number of carbonyl (C=O) groups excluding carboxylic acids is 1. The number of urea groups is 1. The van der Waals surface area contributed by atoms with E-state index >= 15 is 0 Å². The van der Waals surface area contributed by atoms with Crippen molar-refractivity contribution in [1.82, 2.24) is 0 Å². The minimum Gasteiger partial charge on any atom is -0.497 e. The highest BCUT2D eigenvalue weighted by atomic mass is 16.7. The van der Waals surface area contributed by atoms with Gasteiger partial charge in [0.25, 0.3) is 0 Å². The fourth-order valence-corrected chi connectivity index (χ4v) is 8.56. The molecule has 0 aliphatic carbocycles. The maximum atomic E-state index is 15.0. The summed E-state index contributed by atoms with van der Waals surface area (Å²) in [7, 11) is 3.37. The molecule has 0 atom stereocenters. The quantitative estimate of drug-likeness (QED) is 0.190. The zero-order valence-corrected chi connectivity index (χ0v) is 25.1. The van der Waals surface area contributed by atoms with Gasteiger partial charge >= 0.3 is 6.03 Å². The predicted octanol–water partition coefficient (Wildman–Crippen LogP) is 7.30. The molecule has 0 spiro atoms. The Morgan fingerprint density at radius 1 is 0.587 bits per heavy atom. The average molecular weight is 611 g/mol. The van der Waals surface area contributed by atoms with Gasteiger partial charge in [0, 0.05) is 45.8 Å². The summed E-state index contributed by atoms with van der Waals surface area (Å²) in [5.41, 5.74) is 6.09. The van der Waals surface area contributed by atoms with Crippen molar-refractivity contribution in [3.8, 4) is 45.6 Å². The average Bonchev–Trinajstić information content (AvgIpc) is 3.75. The van der Waals surface area contributed by atoms with Crippen LogP contribution < -0.4 is 38.2 Å². The number of methoxy groups -OCH3 is 2. The van der Waals surface area contributed by atoms with Gasteiger partial charge in [0.05, 0.1) is 25.6 Å². The number of ether oxygens (including phenoxy) is 6. The number of carbonyl (C=O) groups is 1. The van der Waals surface area contributed by atoms with Crippen LogP contribution in [0.3, 0.4) is 0 Å². The van der Waals surface area contributed by atoms with Crippen LogP contribution in [0.25, 0.3) is 54.2 Å². The molecule has 0 bridgehead atoms. The van der Waals surface area contributed by atoms with Gasteiger partial charge in [0.15, 0.2) is 23.0 Å². The Labute approximate surface area is 262 Å². The molecule has 5 aliphatic rings. The van der Waals surface area contributed by atoms with Crippen LogP contribution in [0.2, 0.25) is 0 Å².